The topological polar surface area (TPSA) is 0 Å². The van der Waals surface area contributed by atoms with Gasteiger partial charge in [-0.25, -0.2) is 0 Å². The summed E-state index contributed by atoms with van der Waals surface area (Å²) in [5.74, 6) is 8.04. The summed E-state index contributed by atoms with van der Waals surface area (Å²) in [6.07, 6.45) is 5.07. The first kappa shape index (κ1) is 7.66. The Morgan fingerprint density at radius 3 is 2.90 bits per heavy atom. The summed E-state index contributed by atoms with van der Waals surface area (Å²) in [6, 6.07) is 0. The molecule has 0 nitrogen and oxygen atoms in total. The lowest BCUT2D eigenvalue weighted by Gasteiger charge is -2.18. The van der Waals surface area contributed by atoms with E-state index in [9.17, 15) is 0 Å². The van der Waals surface area contributed by atoms with Crippen molar-refractivity contribution in [3.05, 3.63) is 0 Å². The molecule has 10 heavy (non-hydrogen) atoms. The quantitative estimate of drug-likeness (QED) is 0.512. The molecule has 1 rings (SSSR count). The van der Waals surface area contributed by atoms with E-state index in [1.165, 1.54) is 19.3 Å². The fourth-order valence-corrected chi connectivity index (χ4v) is 1.40. The molecule has 0 heterocycles. The minimum Gasteiger partial charge on any atom is -0.103 e. The van der Waals surface area contributed by atoms with Gasteiger partial charge in [0.2, 0.25) is 0 Å². The third-order valence-corrected chi connectivity index (χ3v) is 2.44. The average Bonchev–Trinajstić information content (AvgIpc) is 2.05. The van der Waals surface area contributed by atoms with Crippen molar-refractivity contribution >= 4 is 0 Å². The molecule has 0 aromatic heterocycles. The van der Waals surface area contributed by atoms with Gasteiger partial charge in [0, 0.05) is 12.3 Å². The van der Waals surface area contributed by atoms with Crippen LogP contribution in [0.4, 0.5) is 0 Å². The van der Waals surface area contributed by atoms with E-state index in [2.05, 4.69) is 25.7 Å². The van der Waals surface area contributed by atoms with Crippen LogP contribution in [0.1, 0.15) is 39.5 Å². The Kier molecular flexibility index (Phi) is 2.81. The zero-order valence-corrected chi connectivity index (χ0v) is 6.98. The SMILES string of the molecule is CCC(C)C1C#CCCC1. The summed E-state index contributed by atoms with van der Waals surface area (Å²) >= 11 is 0. The van der Waals surface area contributed by atoms with E-state index in [-0.39, 0.29) is 0 Å². The van der Waals surface area contributed by atoms with Crippen LogP contribution in [-0.4, -0.2) is 0 Å². The van der Waals surface area contributed by atoms with Gasteiger partial charge in [-0.3, -0.25) is 0 Å². The molecule has 0 fully saturated rings. The normalized spacial score (nSPS) is 26.8. The summed E-state index contributed by atoms with van der Waals surface area (Å²) in [6.45, 7) is 4.56. The summed E-state index contributed by atoms with van der Waals surface area (Å²) in [7, 11) is 0. The van der Waals surface area contributed by atoms with E-state index in [1.807, 2.05) is 0 Å². The van der Waals surface area contributed by atoms with E-state index in [0.29, 0.717) is 5.92 Å². The van der Waals surface area contributed by atoms with Gasteiger partial charge in [0.05, 0.1) is 0 Å². The molecule has 1 aliphatic carbocycles. The van der Waals surface area contributed by atoms with Crippen molar-refractivity contribution < 1.29 is 0 Å². The molecule has 1 aliphatic rings. The fraction of sp³-hybridized carbons (Fsp3) is 0.800. The zero-order chi connectivity index (χ0) is 7.40. The Labute approximate surface area is 64.0 Å². The summed E-state index contributed by atoms with van der Waals surface area (Å²) in [5, 5.41) is 0. The average molecular weight is 136 g/mol. The van der Waals surface area contributed by atoms with Crippen LogP contribution in [-0.2, 0) is 0 Å². The van der Waals surface area contributed by atoms with E-state index < -0.39 is 0 Å². The highest BCUT2D eigenvalue weighted by Gasteiger charge is 2.13. The van der Waals surface area contributed by atoms with Crippen molar-refractivity contribution in [3.63, 3.8) is 0 Å². The van der Waals surface area contributed by atoms with Gasteiger partial charge in [0.1, 0.15) is 0 Å². The monoisotopic (exact) mass is 136 g/mol. The standard InChI is InChI=1S/C10H16/c1-3-9(2)10-7-5-4-6-8-10/h9-10H,3-5,7H2,1-2H3. The Morgan fingerprint density at radius 2 is 2.40 bits per heavy atom. The van der Waals surface area contributed by atoms with Crippen molar-refractivity contribution in [3.8, 4) is 11.8 Å². The van der Waals surface area contributed by atoms with E-state index in [0.717, 1.165) is 12.3 Å². The zero-order valence-electron chi connectivity index (χ0n) is 6.98. The Morgan fingerprint density at radius 1 is 1.60 bits per heavy atom. The molecule has 56 valence electrons. The third kappa shape index (κ3) is 1.77. The lowest BCUT2D eigenvalue weighted by molar-refractivity contribution is 0.392. The smallest absolute Gasteiger partial charge is 0.0228 e. The largest absolute Gasteiger partial charge is 0.103 e. The van der Waals surface area contributed by atoms with Crippen LogP contribution in [0.3, 0.4) is 0 Å². The lowest BCUT2D eigenvalue weighted by atomic mass is 9.86. The molecule has 2 atom stereocenters. The van der Waals surface area contributed by atoms with Crippen molar-refractivity contribution in [2.24, 2.45) is 11.8 Å². The highest BCUT2D eigenvalue weighted by Crippen LogP contribution is 2.22. The summed E-state index contributed by atoms with van der Waals surface area (Å²) in [4.78, 5) is 0. The predicted octanol–water partition coefficient (Wildman–Crippen LogP) is 2.84. The number of rotatable bonds is 2. The molecular weight excluding hydrogens is 120 g/mol. The highest BCUT2D eigenvalue weighted by molar-refractivity contribution is 5.08. The first-order valence-corrected chi connectivity index (χ1v) is 4.33. The van der Waals surface area contributed by atoms with Gasteiger partial charge < -0.3 is 0 Å². The first-order valence-electron chi connectivity index (χ1n) is 4.33. The van der Waals surface area contributed by atoms with Crippen LogP contribution in [0.5, 0.6) is 0 Å². The van der Waals surface area contributed by atoms with Crippen LogP contribution >= 0.6 is 0 Å². The first-order chi connectivity index (χ1) is 4.84. The van der Waals surface area contributed by atoms with Gasteiger partial charge in [-0.1, -0.05) is 26.2 Å². The number of hydrogen-bond acceptors (Lipinski definition) is 0. The van der Waals surface area contributed by atoms with Crippen LogP contribution in [0, 0.1) is 23.7 Å². The van der Waals surface area contributed by atoms with E-state index in [1.54, 1.807) is 0 Å². The van der Waals surface area contributed by atoms with Crippen LogP contribution in [0.15, 0.2) is 0 Å². The molecule has 0 saturated heterocycles. The second-order valence-corrected chi connectivity index (χ2v) is 3.21. The maximum atomic E-state index is 3.32. The second kappa shape index (κ2) is 3.66. The molecule has 0 bridgehead atoms. The van der Waals surface area contributed by atoms with Crippen LogP contribution in [0.25, 0.3) is 0 Å². The third-order valence-electron chi connectivity index (χ3n) is 2.44. The minimum absolute atomic E-state index is 0.707. The summed E-state index contributed by atoms with van der Waals surface area (Å²) in [5.41, 5.74) is 0. The molecule has 0 aromatic rings. The van der Waals surface area contributed by atoms with E-state index >= 15 is 0 Å². The van der Waals surface area contributed by atoms with Gasteiger partial charge in [0.25, 0.3) is 0 Å². The summed E-state index contributed by atoms with van der Waals surface area (Å²) < 4.78 is 0. The molecular formula is C10H16. The van der Waals surface area contributed by atoms with Crippen LogP contribution < -0.4 is 0 Å². The van der Waals surface area contributed by atoms with Crippen molar-refractivity contribution in [1.82, 2.24) is 0 Å². The Balaban J connectivity index is 2.44. The maximum absolute atomic E-state index is 3.32. The van der Waals surface area contributed by atoms with E-state index in [4.69, 9.17) is 0 Å². The Hall–Kier alpha value is -0.440. The molecule has 2 unspecified atom stereocenters. The van der Waals surface area contributed by atoms with Crippen molar-refractivity contribution in [2.45, 2.75) is 39.5 Å². The van der Waals surface area contributed by atoms with Gasteiger partial charge in [-0.2, -0.15) is 0 Å². The molecule has 0 saturated carbocycles. The predicted molar refractivity (Wildman–Crippen MR) is 44.6 cm³/mol. The lowest BCUT2D eigenvalue weighted by Crippen LogP contribution is -2.10. The van der Waals surface area contributed by atoms with Crippen molar-refractivity contribution in [2.75, 3.05) is 0 Å². The van der Waals surface area contributed by atoms with Crippen LogP contribution in [0.2, 0.25) is 0 Å². The highest BCUT2D eigenvalue weighted by atomic mass is 14.2. The molecule has 0 N–H and O–H groups in total. The molecule has 0 aromatic carbocycles. The second-order valence-electron chi connectivity index (χ2n) is 3.21. The minimum atomic E-state index is 0.707. The molecule has 0 heteroatoms. The van der Waals surface area contributed by atoms with Gasteiger partial charge >= 0.3 is 0 Å². The van der Waals surface area contributed by atoms with Gasteiger partial charge in [-0.15, -0.1) is 5.92 Å². The number of hydrogen-bond donors (Lipinski definition) is 0. The fourth-order valence-electron chi connectivity index (χ4n) is 1.40. The molecule has 0 aliphatic heterocycles. The molecule has 0 spiro atoms. The molecule has 0 radical (unpaired) electrons. The Bertz CT molecular complexity index is 147. The van der Waals surface area contributed by atoms with Gasteiger partial charge in [0.15, 0.2) is 0 Å². The molecule has 0 amide bonds. The van der Waals surface area contributed by atoms with Gasteiger partial charge in [-0.05, 0) is 18.8 Å². The van der Waals surface area contributed by atoms with Crippen molar-refractivity contribution in [1.29, 1.82) is 0 Å². The maximum Gasteiger partial charge on any atom is 0.0228 e.